The number of rotatable bonds is 4. The van der Waals surface area contributed by atoms with E-state index in [0.717, 1.165) is 0 Å². The van der Waals surface area contributed by atoms with Crippen LogP contribution in [0.1, 0.15) is 10.4 Å². The fourth-order valence-corrected chi connectivity index (χ4v) is 3.01. The molecule has 4 rings (SSSR count). The maximum atomic E-state index is 12.8. The summed E-state index contributed by atoms with van der Waals surface area (Å²) in [4.78, 5) is 31.1. The highest BCUT2D eigenvalue weighted by atomic mass is 16.5. The van der Waals surface area contributed by atoms with Crippen molar-refractivity contribution in [1.29, 1.82) is 0 Å². The van der Waals surface area contributed by atoms with Crippen LogP contribution in [0, 0.1) is 0 Å². The molecule has 0 saturated heterocycles. The van der Waals surface area contributed by atoms with Crippen molar-refractivity contribution in [1.82, 2.24) is 10.3 Å². The molecule has 7 nitrogen and oxygen atoms in total. The monoisotopic (exact) mass is 389 g/mol. The van der Waals surface area contributed by atoms with Crippen molar-refractivity contribution in [3.8, 4) is 17.4 Å². The van der Waals surface area contributed by atoms with Crippen LogP contribution in [-0.2, 0) is 4.79 Å². The molecule has 0 aliphatic carbocycles. The number of hydrogen-bond acceptors (Lipinski definition) is 5. The van der Waals surface area contributed by atoms with Crippen LogP contribution in [-0.4, -0.2) is 36.5 Å². The third-order valence-corrected chi connectivity index (χ3v) is 4.53. The van der Waals surface area contributed by atoms with Gasteiger partial charge in [0, 0.05) is 24.9 Å². The highest BCUT2D eigenvalue weighted by Crippen LogP contribution is 2.30. The van der Waals surface area contributed by atoms with Crippen molar-refractivity contribution in [3.63, 3.8) is 0 Å². The Morgan fingerprint density at radius 2 is 1.90 bits per heavy atom. The van der Waals surface area contributed by atoms with E-state index in [1.807, 2.05) is 30.3 Å². The molecule has 29 heavy (non-hydrogen) atoms. The van der Waals surface area contributed by atoms with E-state index in [1.165, 1.54) is 17.2 Å². The Hall–Kier alpha value is -3.87. The lowest BCUT2D eigenvalue weighted by atomic mass is 10.2. The Labute approximate surface area is 167 Å². The molecule has 3 aromatic rings. The topological polar surface area (TPSA) is 80.8 Å². The van der Waals surface area contributed by atoms with Gasteiger partial charge in [0.15, 0.2) is 0 Å². The molecular formula is C22H19N3O4. The highest BCUT2D eigenvalue weighted by molar-refractivity contribution is 6.03. The van der Waals surface area contributed by atoms with Gasteiger partial charge in [0.05, 0.1) is 5.69 Å². The standard InChI is InChI=1S/C22H19N3O4/c1-25-18-9-5-6-10-19(18)28-14-17(22(25)27)24-21(26)15-11-12-23-20(13-15)29-16-7-3-2-4-8-16/h2-13,17H,14H2,1H3,(H,24,26)/t17-/m0/s1. The summed E-state index contributed by atoms with van der Waals surface area (Å²) in [6.07, 6.45) is 1.49. The third kappa shape index (κ3) is 4.03. The summed E-state index contributed by atoms with van der Waals surface area (Å²) in [5, 5.41) is 2.74. The molecule has 7 heteroatoms. The molecule has 1 aromatic heterocycles. The maximum Gasteiger partial charge on any atom is 0.252 e. The number of nitrogens with zero attached hydrogens (tertiary/aromatic N) is 2. The van der Waals surface area contributed by atoms with Crippen molar-refractivity contribution in [2.45, 2.75) is 6.04 Å². The number of aromatic nitrogens is 1. The lowest BCUT2D eigenvalue weighted by Gasteiger charge is -2.20. The maximum absolute atomic E-state index is 12.8. The van der Waals surface area contributed by atoms with Crippen molar-refractivity contribution in [3.05, 3.63) is 78.5 Å². The minimum absolute atomic E-state index is 0.0460. The molecule has 0 saturated carbocycles. The van der Waals surface area contributed by atoms with Crippen LogP contribution in [0.5, 0.6) is 17.4 Å². The number of benzene rings is 2. The Kier molecular flexibility index (Phi) is 5.11. The number of amides is 2. The summed E-state index contributed by atoms with van der Waals surface area (Å²) < 4.78 is 11.4. The summed E-state index contributed by atoms with van der Waals surface area (Å²) in [7, 11) is 1.66. The largest absolute Gasteiger partial charge is 0.489 e. The first kappa shape index (κ1) is 18.5. The zero-order valence-corrected chi connectivity index (χ0v) is 15.7. The third-order valence-electron chi connectivity index (χ3n) is 4.53. The van der Waals surface area contributed by atoms with Crippen LogP contribution in [0.3, 0.4) is 0 Å². The average molecular weight is 389 g/mol. The lowest BCUT2D eigenvalue weighted by molar-refractivity contribution is -0.120. The van der Waals surface area contributed by atoms with Crippen LogP contribution in [0.4, 0.5) is 5.69 Å². The number of anilines is 1. The molecule has 2 aromatic carbocycles. The second-order valence-electron chi connectivity index (χ2n) is 6.50. The number of hydrogen-bond donors (Lipinski definition) is 1. The molecule has 2 amide bonds. The molecule has 1 N–H and O–H groups in total. The van der Waals surface area contributed by atoms with E-state index in [1.54, 1.807) is 37.4 Å². The van der Waals surface area contributed by atoms with Gasteiger partial charge in [0.25, 0.3) is 11.8 Å². The van der Waals surface area contributed by atoms with Crippen LogP contribution in [0.25, 0.3) is 0 Å². The number of fused-ring (bicyclic) bond motifs is 1. The van der Waals surface area contributed by atoms with Crippen molar-refractivity contribution in [2.24, 2.45) is 0 Å². The number of carbonyl (C=O) groups is 2. The summed E-state index contributed by atoms with van der Waals surface area (Å²) in [6, 6.07) is 18.7. The number of pyridine rings is 1. The number of ether oxygens (including phenoxy) is 2. The molecule has 1 aliphatic rings. The van der Waals surface area contributed by atoms with Crippen molar-refractivity contribution >= 4 is 17.5 Å². The van der Waals surface area contributed by atoms with Gasteiger partial charge in [0.2, 0.25) is 5.88 Å². The fourth-order valence-electron chi connectivity index (χ4n) is 3.01. The summed E-state index contributed by atoms with van der Waals surface area (Å²) in [5.74, 6) is 0.841. The van der Waals surface area contributed by atoms with Crippen LogP contribution >= 0.6 is 0 Å². The van der Waals surface area contributed by atoms with Gasteiger partial charge in [-0.3, -0.25) is 9.59 Å². The van der Waals surface area contributed by atoms with Gasteiger partial charge in [0.1, 0.15) is 24.1 Å². The Bertz CT molecular complexity index is 1040. The van der Waals surface area contributed by atoms with Crippen LogP contribution in [0.15, 0.2) is 72.9 Å². The summed E-state index contributed by atoms with van der Waals surface area (Å²) in [5.41, 5.74) is 1.000. The van der Waals surface area contributed by atoms with Gasteiger partial charge in [-0.1, -0.05) is 30.3 Å². The van der Waals surface area contributed by atoms with Gasteiger partial charge in [-0.2, -0.15) is 0 Å². The number of nitrogens with one attached hydrogen (secondary N) is 1. The predicted octanol–water partition coefficient (Wildman–Crippen LogP) is 3.03. The minimum atomic E-state index is -0.813. The lowest BCUT2D eigenvalue weighted by Crippen LogP contribution is -2.49. The summed E-state index contributed by atoms with van der Waals surface area (Å²) in [6.45, 7) is 0.0460. The van der Waals surface area contributed by atoms with E-state index < -0.39 is 11.9 Å². The zero-order valence-electron chi connectivity index (χ0n) is 15.7. The van der Waals surface area contributed by atoms with Gasteiger partial charge in [-0.15, -0.1) is 0 Å². The Morgan fingerprint density at radius 1 is 1.14 bits per heavy atom. The van der Waals surface area contributed by atoms with Crippen molar-refractivity contribution in [2.75, 3.05) is 18.6 Å². The summed E-state index contributed by atoms with van der Waals surface area (Å²) >= 11 is 0. The van der Waals surface area contributed by atoms with Gasteiger partial charge in [-0.25, -0.2) is 4.98 Å². The smallest absolute Gasteiger partial charge is 0.252 e. The highest BCUT2D eigenvalue weighted by Gasteiger charge is 2.30. The molecule has 0 fully saturated rings. The quantitative estimate of drug-likeness (QED) is 0.742. The Morgan fingerprint density at radius 3 is 2.72 bits per heavy atom. The molecule has 0 unspecified atom stereocenters. The number of likely N-dealkylation sites (N-methyl/N-ethyl adjacent to an activating group) is 1. The minimum Gasteiger partial charge on any atom is -0.489 e. The van der Waals surface area contributed by atoms with E-state index in [9.17, 15) is 9.59 Å². The van der Waals surface area contributed by atoms with Gasteiger partial charge < -0.3 is 19.7 Å². The van der Waals surface area contributed by atoms with Crippen LogP contribution < -0.4 is 19.7 Å². The molecule has 1 aliphatic heterocycles. The number of carbonyl (C=O) groups excluding carboxylic acids is 2. The molecule has 1 atom stereocenters. The molecular weight excluding hydrogens is 370 g/mol. The average Bonchev–Trinajstić information content (AvgIpc) is 2.87. The number of para-hydroxylation sites is 3. The second kappa shape index (κ2) is 8.02. The van der Waals surface area contributed by atoms with E-state index in [4.69, 9.17) is 9.47 Å². The molecule has 0 spiro atoms. The normalized spacial score (nSPS) is 15.7. The predicted molar refractivity (Wildman–Crippen MR) is 107 cm³/mol. The first-order valence-electron chi connectivity index (χ1n) is 9.11. The first-order valence-corrected chi connectivity index (χ1v) is 9.11. The van der Waals surface area contributed by atoms with Gasteiger partial charge >= 0.3 is 0 Å². The van der Waals surface area contributed by atoms with Gasteiger partial charge in [-0.05, 0) is 30.3 Å². The van der Waals surface area contributed by atoms with E-state index in [-0.39, 0.29) is 18.4 Å². The fraction of sp³-hybridized carbons (Fsp3) is 0.136. The molecule has 0 bridgehead atoms. The first-order chi connectivity index (χ1) is 14.1. The second-order valence-corrected chi connectivity index (χ2v) is 6.50. The van der Waals surface area contributed by atoms with Crippen molar-refractivity contribution < 1.29 is 19.1 Å². The van der Waals surface area contributed by atoms with Crippen LogP contribution in [0.2, 0.25) is 0 Å². The molecule has 2 heterocycles. The SMILES string of the molecule is CN1C(=O)[C@@H](NC(=O)c2ccnc(Oc3ccccc3)c2)COc2ccccc21. The molecule has 0 radical (unpaired) electrons. The Balaban J connectivity index is 1.48. The van der Waals surface area contributed by atoms with E-state index in [2.05, 4.69) is 10.3 Å². The zero-order chi connectivity index (χ0) is 20.2. The molecule has 146 valence electrons. The van der Waals surface area contributed by atoms with E-state index in [0.29, 0.717) is 22.7 Å². The van der Waals surface area contributed by atoms with E-state index >= 15 is 0 Å².